The maximum atomic E-state index is 8.03. The van der Waals surface area contributed by atoms with Gasteiger partial charge in [0.2, 0.25) is 0 Å². The van der Waals surface area contributed by atoms with E-state index in [-0.39, 0.29) is 0 Å². The number of aliphatic hydroxyl groups is 1. The quantitative estimate of drug-likeness (QED) is 0.399. The summed E-state index contributed by atoms with van der Waals surface area (Å²) < 4.78 is 0.542. The molecule has 0 saturated carbocycles. The average Bonchev–Trinajstić information content (AvgIpc) is 0.811. The predicted octanol–water partition coefficient (Wildman–Crippen LogP) is -0.323. The van der Waals surface area contributed by atoms with E-state index in [4.69, 9.17) is 5.11 Å². The first-order valence-electron chi connectivity index (χ1n) is 1.08. The van der Waals surface area contributed by atoms with Crippen molar-refractivity contribution in [2.45, 2.75) is 6.92 Å². The van der Waals surface area contributed by atoms with Crippen molar-refractivity contribution in [1.82, 2.24) is 0 Å². The minimum atomic E-state index is 0.542. The molecule has 0 radical (unpaired) electrons. The van der Waals surface area contributed by atoms with E-state index in [2.05, 4.69) is 0 Å². The molecule has 0 aromatic rings. The van der Waals surface area contributed by atoms with Crippen LogP contribution in [-0.2, 0) is 0 Å². The molecule has 4 heavy (non-hydrogen) atoms. The van der Waals surface area contributed by atoms with Crippen molar-refractivity contribution in [3.05, 3.63) is 0 Å². The van der Waals surface area contributed by atoms with Crippen LogP contribution in [0.5, 0.6) is 0 Å². The van der Waals surface area contributed by atoms with Crippen molar-refractivity contribution in [3.8, 4) is 0 Å². The zero-order valence-electron chi connectivity index (χ0n) is 2.65. The van der Waals surface area contributed by atoms with Gasteiger partial charge in [0.05, 0.1) is 0 Å². The second kappa shape index (κ2) is 2.18. The van der Waals surface area contributed by atoms with Gasteiger partial charge in [0.15, 0.2) is 0 Å². The average molecular weight is 84.1 g/mol. The second-order valence-electron chi connectivity index (χ2n) is 0.735. The van der Waals surface area contributed by atoms with Crippen molar-refractivity contribution in [2.75, 3.05) is 0 Å². The first-order chi connectivity index (χ1) is 1.73. The zero-order chi connectivity index (χ0) is 3.58. The van der Waals surface area contributed by atoms with E-state index in [1.54, 1.807) is 6.92 Å². The monoisotopic (exact) mass is 84.0 g/mol. The molecule has 0 aliphatic rings. The van der Waals surface area contributed by atoms with Crippen LogP contribution in [0, 0.1) is 0 Å². The van der Waals surface area contributed by atoms with Crippen LogP contribution < -0.4 is 0 Å². The Morgan fingerprint density at radius 2 is 2.00 bits per heavy atom. The van der Waals surface area contributed by atoms with E-state index >= 15 is 0 Å². The summed E-state index contributed by atoms with van der Waals surface area (Å²) in [5.74, 6) is 0. The Balaban J connectivity index is 2.80. The molecule has 1 N–H and O–H groups in total. The van der Waals surface area contributed by atoms with Crippen molar-refractivity contribution in [1.29, 1.82) is 0 Å². The van der Waals surface area contributed by atoms with Gasteiger partial charge in [-0.3, -0.25) is 0 Å². The Labute approximate surface area is 48.7 Å². The standard InChI is InChI=1S/C2H4O.Ca/c1-2-3;/h3H,1H3;. The van der Waals surface area contributed by atoms with Crippen LogP contribution in [0.2, 0.25) is 0 Å². The van der Waals surface area contributed by atoms with Crippen LogP contribution in [-0.4, -0.2) is 42.1 Å². The van der Waals surface area contributed by atoms with Gasteiger partial charge in [0, 0.05) is 0 Å². The number of hydrogen-bond acceptors (Lipinski definition) is 1. The first kappa shape index (κ1) is 4.93. The van der Waals surface area contributed by atoms with Crippen LogP contribution >= 0.6 is 0 Å². The normalized spacial score (nSPS) is 6.75. The summed E-state index contributed by atoms with van der Waals surface area (Å²) in [6.45, 7) is 1.69. The van der Waals surface area contributed by atoms with Gasteiger partial charge in [-0.05, 0) is 0 Å². The summed E-state index contributed by atoms with van der Waals surface area (Å²) >= 11 is 0.903. The summed E-state index contributed by atoms with van der Waals surface area (Å²) in [6.07, 6.45) is 0. The third kappa shape index (κ3) is 12.6. The van der Waals surface area contributed by atoms with Gasteiger partial charge in [-0.15, -0.1) is 0 Å². The topological polar surface area (TPSA) is 20.2 Å². The van der Waals surface area contributed by atoms with Crippen molar-refractivity contribution in [3.63, 3.8) is 0 Å². The second-order valence-corrected chi connectivity index (χ2v) is 2.33. The van der Waals surface area contributed by atoms with Crippen LogP contribution in [0.15, 0.2) is 0 Å². The van der Waals surface area contributed by atoms with Crippen molar-refractivity contribution >= 4 is 37.0 Å². The van der Waals surface area contributed by atoms with Gasteiger partial charge in [0.25, 0.3) is 0 Å². The Morgan fingerprint density at radius 3 is 2.00 bits per heavy atom. The van der Waals surface area contributed by atoms with Crippen LogP contribution in [0.1, 0.15) is 6.92 Å². The zero-order valence-corrected chi connectivity index (χ0v) is 4.86. The van der Waals surface area contributed by atoms with Gasteiger partial charge in [-0.1, -0.05) is 0 Å². The van der Waals surface area contributed by atoms with Crippen molar-refractivity contribution in [2.24, 2.45) is 0 Å². The molecule has 0 spiro atoms. The maximum absolute atomic E-state index is 8.03. The molecule has 0 heterocycles. The molecule has 0 aliphatic heterocycles. The molecular weight excluding hydrogens is 80.1 g/mol. The molecule has 0 aliphatic carbocycles. The first-order valence-corrected chi connectivity index (χ1v) is 2.18. The van der Waals surface area contributed by atoms with E-state index in [9.17, 15) is 0 Å². The molecule has 0 amide bonds. The summed E-state index contributed by atoms with van der Waals surface area (Å²) in [5, 5.41) is 8.03. The van der Waals surface area contributed by atoms with Gasteiger partial charge in [-0.2, -0.15) is 0 Å². The Kier molecular flexibility index (Phi) is 2.69. The Hall–Kier alpha value is 0.930. The Morgan fingerprint density at radius 1 is 2.00 bits per heavy atom. The summed E-state index contributed by atoms with van der Waals surface area (Å²) in [4.78, 5) is 0. The Bertz CT molecular complexity index is 29.0. The molecule has 0 saturated heterocycles. The van der Waals surface area contributed by atoms with E-state index < -0.39 is 0 Å². The van der Waals surface area contributed by atoms with E-state index in [0.29, 0.717) is 1.77 Å². The fraction of sp³-hybridized carbons (Fsp3) is 0.500. The molecule has 0 aromatic carbocycles. The number of aliphatic hydroxyl groups excluding tert-OH is 1. The molecular formula is C2H4CaO. The van der Waals surface area contributed by atoms with E-state index in [1.807, 2.05) is 0 Å². The number of hydrogen-bond donors (Lipinski definition) is 1. The fourth-order valence-electron chi connectivity index (χ4n) is 0. The van der Waals surface area contributed by atoms with Crippen LogP contribution in [0.25, 0.3) is 0 Å². The van der Waals surface area contributed by atoms with Gasteiger partial charge in [-0.25, -0.2) is 0 Å². The number of rotatable bonds is 0. The summed E-state index contributed by atoms with van der Waals surface area (Å²) in [5.41, 5.74) is 0. The molecule has 0 aromatic heterocycles. The van der Waals surface area contributed by atoms with Crippen LogP contribution in [0.4, 0.5) is 0 Å². The molecule has 0 rings (SSSR count). The SMILES string of the molecule is C[C](O)=[Ca]. The van der Waals surface area contributed by atoms with Crippen LogP contribution in [0.3, 0.4) is 0 Å². The molecule has 2 heteroatoms. The molecule has 20 valence electrons. The fourth-order valence-corrected chi connectivity index (χ4v) is 0. The van der Waals surface area contributed by atoms with Gasteiger partial charge >= 0.3 is 49.1 Å². The summed E-state index contributed by atoms with van der Waals surface area (Å²) in [7, 11) is 0. The third-order valence-corrected chi connectivity index (χ3v) is 0. The van der Waals surface area contributed by atoms with E-state index in [0.717, 1.165) is 35.3 Å². The predicted molar refractivity (Wildman–Crippen MR) is 18.4 cm³/mol. The third-order valence-electron chi connectivity index (χ3n) is 0. The van der Waals surface area contributed by atoms with Gasteiger partial charge < -0.3 is 0 Å². The van der Waals surface area contributed by atoms with Crippen molar-refractivity contribution < 1.29 is 5.11 Å². The minimum absolute atomic E-state index is 0.542. The molecule has 0 fully saturated rings. The van der Waals surface area contributed by atoms with E-state index in [1.165, 1.54) is 0 Å². The molecule has 0 unspecified atom stereocenters. The molecule has 0 atom stereocenters. The molecule has 1 nitrogen and oxygen atoms in total. The summed E-state index contributed by atoms with van der Waals surface area (Å²) in [6, 6.07) is 0. The molecule has 0 bridgehead atoms. The van der Waals surface area contributed by atoms with Gasteiger partial charge in [0.1, 0.15) is 0 Å².